The summed E-state index contributed by atoms with van der Waals surface area (Å²) < 4.78 is 15.1. The van der Waals surface area contributed by atoms with Gasteiger partial charge in [0, 0.05) is 18.4 Å². The molecule has 0 aliphatic carbocycles. The highest BCUT2D eigenvalue weighted by atomic mass is 19.1. The molecule has 0 saturated carbocycles. The van der Waals surface area contributed by atoms with Crippen molar-refractivity contribution in [3.63, 3.8) is 0 Å². The fraction of sp³-hybridized carbons (Fsp3) is 0.158. The number of aromatic nitrogens is 2. The van der Waals surface area contributed by atoms with E-state index in [-0.39, 0.29) is 5.82 Å². The first kappa shape index (κ1) is 17.8. The molecule has 0 amide bonds. The largest absolute Gasteiger partial charge is 0.382 e. The molecule has 2 heterocycles. The number of nitrogens with zero attached hydrogens (tertiary/aromatic N) is 4. The van der Waals surface area contributed by atoms with Gasteiger partial charge < -0.3 is 16.4 Å². The van der Waals surface area contributed by atoms with Gasteiger partial charge in [-0.15, -0.1) is 0 Å². The number of benzene rings is 2. The van der Waals surface area contributed by atoms with Gasteiger partial charge in [0.25, 0.3) is 0 Å². The summed E-state index contributed by atoms with van der Waals surface area (Å²) in [4.78, 5) is 4.66. The molecule has 1 aliphatic rings. The van der Waals surface area contributed by atoms with E-state index in [1.54, 1.807) is 23.9 Å². The number of nitrogen functional groups attached to an aromatic ring is 1. The van der Waals surface area contributed by atoms with Gasteiger partial charge in [-0.05, 0) is 37.3 Å². The van der Waals surface area contributed by atoms with Crippen LogP contribution in [-0.4, -0.2) is 15.7 Å². The van der Waals surface area contributed by atoms with E-state index in [4.69, 9.17) is 11.6 Å². The molecule has 3 aromatic rings. The van der Waals surface area contributed by atoms with E-state index in [1.807, 2.05) is 31.2 Å². The van der Waals surface area contributed by atoms with Gasteiger partial charge in [0.2, 0.25) is 5.96 Å². The lowest BCUT2D eigenvalue weighted by Gasteiger charge is -2.30. The number of aryl methyl sites for hydroxylation is 2. The average molecular weight is 380 g/mol. The van der Waals surface area contributed by atoms with Crippen molar-refractivity contribution in [1.82, 2.24) is 9.78 Å². The first-order valence-electron chi connectivity index (χ1n) is 8.73. The molecule has 2 aromatic carbocycles. The van der Waals surface area contributed by atoms with E-state index in [9.17, 15) is 4.39 Å². The second-order valence-corrected chi connectivity index (χ2v) is 6.62. The number of anilines is 4. The van der Waals surface area contributed by atoms with Gasteiger partial charge in [0.1, 0.15) is 5.82 Å². The number of nitrogens with two attached hydrogens (primary N) is 2. The van der Waals surface area contributed by atoms with Crippen LogP contribution in [0.25, 0.3) is 0 Å². The number of guanidine groups is 1. The summed E-state index contributed by atoms with van der Waals surface area (Å²) >= 11 is 0. The van der Waals surface area contributed by atoms with Gasteiger partial charge >= 0.3 is 0 Å². The van der Waals surface area contributed by atoms with Gasteiger partial charge in [0.05, 0.1) is 5.56 Å². The SMILES string of the molecule is Cc1ccc(NC2N=C(Nc3cccc(F)c3)N(N)c3c2c(N)nn3C)cc1. The molecule has 6 N–H and O–H groups in total. The van der Waals surface area contributed by atoms with Crippen LogP contribution in [0.1, 0.15) is 17.3 Å². The van der Waals surface area contributed by atoms with E-state index in [2.05, 4.69) is 20.7 Å². The van der Waals surface area contributed by atoms with Gasteiger partial charge in [-0.2, -0.15) is 5.10 Å². The number of halogens is 1. The van der Waals surface area contributed by atoms with Crippen LogP contribution in [0.15, 0.2) is 53.5 Å². The third-order valence-corrected chi connectivity index (χ3v) is 4.50. The fourth-order valence-corrected chi connectivity index (χ4v) is 3.15. The molecule has 144 valence electrons. The number of aliphatic imine (C=N–C) groups is 1. The van der Waals surface area contributed by atoms with Gasteiger partial charge in [-0.3, -0.25) is 0 Å². The minimum absolute atomic E-state index is 0.339. The number of hydrogen-bond acceptors (Lipinski definition) is 7. The van der Waals surface area contributed by atoms with Crippen molar-refractivity contribution in [2.75, 3.05) is 21.4 Å². The van der Waals surface area contributed by atoms with Crippen LogP contribution >= 0.6 is 0 Å². The summed E-state index contributed by atoms with van der Waals surface area (Å²) in [6.07, 6.45) is -0.512. The summed E-state index contributed by atoms with van der Waals surface area (Å²) in [5.74, 6) is 7.18. The lowest BCUT2D eigenvalue weighted by molar-refractivity contribution is 0.628. The molecule has 8 nitrogen and oxygen atoms in total. The summed E-state index contributed by atoms with van der Waals surface area (Å²) in [6.45, 7) is 2.02. The Morgan fingerprint density at radius 2 is 1.86 bits per heavy atom. The Morgan fingerprint density at radius 3 is 2.57 bits per heavy atom. The minimum Gasteiger partial charge on any atom is -0.382 e. The van der Waals surface area contributed by atoms with E-state index in [1.165, 1.54) is 17.1 Å². The molecule has 1 aromatic heterocycles. The number of rotatable bonds is 3. The molecule has 1 unspecified atom stereocenters. The number of hydrazine groups is 1. The van der Waals surface area contributed by atoms with Crippen LogP contribution in [0, 0.1) is 12.7 Å². The predicted octanol–water partition coefficient (Wildman–Crippen LogP) is 2.72. The zero-order chi connectivity index (χ0) is 19.8. The predicted molar refractivity (Wildman–Crippen MR) is 109 cm³/mol. The lowest BCUT2D eigenvalue weighted by atomic mass is 10.1. The smallest absolute Gasteiger partial charge is 0.221 e. The van der Waals surface area contributed by atoms with Gasteiger partial charge in [-0.1, -0.05) is 23.8 Å². The zero-order valence-electron chi connectivity index (χ0n) is 15.5. The Bertz CT molecular complexity index is 1040. The van der Waals surface area contributed by atoms with E-state index in [0.717, 1.165) is 11.3 Å². The van der Waals surface area contributed by atoms with E-state index >= 15 is 0 Å². The van der Waals surface area contributed by atoms with Crippen molar-refractivity contribution in [2.24, 2.45) is 17.9 Å². The number of hydrogen-bond donors (Lipinski definition) is 4. The number of nitrogens with one attached hydrogen (secondary N) is 2. The molecule has 0 saturated heterocycles. The Labute approximate surface area is 161 Å². The molecule has 1 atom stereocenters. The quantitative estimate of drug-likeness (QED) is 0.520. The molecule has 28 heavy (non-hydrogen) atoms. The van der Waals surface area contributed by atoms with Crippen LogP contribution < -0.4 is 27.2 Å². The maximum absolute atomic E-state index is 13.6. The van der Waals surface area contributed by atoms with Gasteiger partial charge in [0.15, 0.2) is 17.8 Å². The molecule has 0 radical (unpaired) electrons. The number of fused-ring (bicyclic) bond motifs is 1. The standard InChI is InChI=1S/C19H21FN8/c1-11-6-8-13(9-7-11)23-17-15-16(21)26-27(2)18(15)28(22)19(25-17)24-14-5-3-4-12(20)10-14/h3-10,17,23H,22H2,1-2H3,(H2,21,26)(H,24,25). The first-order valence-corrected chi connectivity index (χ1v) is 8.73. The van der Waals surface area contributed by atoms with Crippen molar-refractivity contribution in [3.05, 3.63) is 65.5 Å². The topological polar surface area (TPSA) is 110 Å². The molecule has 9 heteroatoms. The summed E-state index contributed by atoms with van der Waals surface area (Å²) in [7, 11) is 1.75. The maximum atomic E-state index is 13.6. The van der Waals surface area contributed by atoms with Crippen molar-refractivity contribution in [2.45, 2.75) is 13.1 Å². The van der Waals surface area contributed by atoms with Crippen LogP contribution in [0.2, 0.25) is 0 Å². The summed E-state index contributed by atoms with van der Waals surface area (Å²) in [6, 6.07) is 14.0. The van der Waals surface area contributed by atoms with Crippen LogP contribution in [0.3, 0.4) is 0 Å². The minimum atomic E-state index is -0.512. The molecular formula is C19H21FN8. The van der Waals surface area contributed by atoms with Crippen LogP contribution in [0.4, 0.5) is 27.4 Å². The normalized spacial score (nSPS) is 15.8. The van der Waals surface area contributed by atoms with Crippen molar-refractivity contribution >= 4 is 29.0 Å². The second kappa shape index (κ2) is 6.86. The summed E-state index contributed by atoms with van der Waals surface area (Å²) in [5, 5.41) is 12.0. The highest BCUT2D eigenvalue weighted by Crippen LogP contribution is 2.36. The molecule has 4 rings (SSSR count). The Morgan fingerprint density at radius 1 is 1.11 bits per heavy atom. The molecule has 0 bridgehead atoms. The molecule has 1 aliphatic heterocycles. The van der Waals surface area contributed by atoms with Crippen LogP contribution in [-0.2, 0) is 7.05 Å². The zero-order valence-corrected chi connectivity index (χ0v) is 15.5. The van der Waals surface area contributed by atoms with Crippen molar-refractivity contribution in [3.8, 4) is 0 Å². The highest BCUT2D eigenvalue weighted by molar-refractivity contribution is 6.06. The fourth-order valence-electron chi connectivity index (χ4n) is 3.15. The third-order valence-electron chi connectivity index (χ3n) is 4.50. The Kier molecular flexibility index (Phi) is 4.36. The Hall–Kier alpha value is -3.59. The maximum Gasteiger partial charge on any atom is 0.221 e. The first-order chi connectivity index (χ1) is 13.4. The second-order valence-electron chi connectivity index (χ2n) is 6.62. The monoisotopic (exact) mass is 380 g/mol. The van der Waals surface area contributed by atoms with Crippen molar-refractivity contribution in [1.29, 1.82) is 0 Å². The van der Waals surface area contributed by atoms with E-state index in [0.29, 0.717) is 28.8 Å². The van der Waals surface area contributed by atoms with Crippen molar-refractivity contribution < 1.29 is 4.39 Å². The third kappa shape index (κ3) is 3.23. The van der Waals surface area contributed by atoms with Crippen LogP contribution in [0.5, 0.6) is 0 Å². The highest BCUT2D eigenvalue weighted by Gasteiger charge is 2.32. The van der Waals surface area contributed by atoms with Gasteiger partial charge in [-0.25, -0.2) is 24.9 Å². The summed E-state index contributed by atoms with van der Waals surface area (Å²) in [5.41, 5.74) is 9.36. The lowest BCUT2D eigenvalue weighted by Crippen LogP contribution is -2.46. The molecule has 0 fully saturated rings. The Balaban J connectivity index is 1.72. The molecule has 0 spiro atoms. The average Bonchev–Trinajstić information content (AvgIpc) is 2.95. The van der Waals surface area contributed by atoms with E-state index < -0.39 is 6.17 Å². The molecular weight excluding hydrogens is 359 g/mol.